The lowest BCUT2D eigenvalue weighted by Gasteiger charge is -2.26. The number of pyridine rings is 1. The normalized spacial score (nSPS) is 27.9. The van der Waals surface area contributed by atoms with E-state index >= 15 is 0 Å². The number of hydrogen-bond donors (Lipinski definition) is 1. The van der Waals surface area contributed by atoms with Crippen molar-refractivity contribution in [2.24, 2.45) is 11.8 Å². The highest BCUT2D eigenvalue weighted by Crippen LogP contribution is 2.64. The van der Waals surface area contributed by atoms with Crippen molar-refractivity contribution in [1.29, 1.82) is 0 Å². The standard InChI is InChI=1S/C22H26F3N5O/c1-11(2)30-18(20-14-7-13(8-15(14)20)29-5-3-4-19(29)31)9-17(28-30)12-6-16(22(23,24)25)21(26)27-10-12/h6,9-11,13-15,20H,3-5,7-8H2,1-2H3,(H2,26,27)/t13?,14-,15+,20?. The molecular formula is C22H26F3N5O. The summed E-state index contributed by atoms with van der Waals surface area (Å²) in [4.78, 5) is 17.9. The number of nitrogens with zero attached hydrogens (tertiary/aromatic N) is 4. The van der Waals surface area contributed by atoms with Gasteiger partial charge in [0, 0.05) is 48.4 Å². The van der Waals surface area contributed by atoms with Crippen molar-refractivity contribution in [2.75, 3.05) is 12.3 Å². The van der Waals surface area contributed by atoms with E-state index in [1.54, 1.807) is 0 Å². The Kier molecular flexibility index (Phi) is 4.57. The first-order valence-electron chi connectivity index (χ1n) is 10.9. The minimum atomic E-state index is -4.56. The lowest BCUT2D eigenvalue weighted by Crippen LogP contribution is -2.35. The molecule has 31 heavy (non-hydrogen) atoms. The summed E-state index contributed by atoms with van der Waals surface area (Å²) in [7, 11) is 0. The molecule has 3 aliphatic rings. The summed E-state index contributed by atoms with van der Waals surface area (Å²) < 4.78 is 41.7. The molecule has 3 heterocycles. The molecule has 166 valence electrons. The van der Waals surface area contributed by atoms with Crippen molar-refractivity contribution in [2.45, 2.75) is 63.7 Å². The average molecular weight is 433 g/mol. The number of likely N-dealkylation sites (tertiary alicyclic amines) is 1. The zero-order valence-electron chi connectivity index (χ0n) is 17.6. The Balaban J connectivity index is 1.41. The van der Waals surface area contributed by atoms with Crippen LogP contribution in [0.15, 0.2) is 18.3 Å². The van der Waals surface area contributed by atoms with Crippen LogP contribution in [0.5, 0.6) is 0 Å². The molecule has 2 unspecified atom stereocenters. The van der Waals surface area contributed by atoms with Crippen LogP contribution >= 0.6 is 0 Å². The molecule has 0 spiro atoms. The van der Waals surface area contributed by atoms with Gasteiger partial charge >= 0.3 is 6.18 Å². The summed E-state index contributed by atoms with van der Waals surface area (Å²) in [5, 5.41) is 4.63. The summed E-state index contributed by atoms with van der Waals surface area (Å²) in [5.74, 6) is 1.11. The Morgan fingerprint density at radius 3 is 2.48 bits per heavy atom. The van der Waals surface area contributed by atoms with Gasteiger partial charge in [-0.05, 0) is 57.1 Å². The van der Waals surface area contributed by atoms with Crippen molar-refractivity contribution in [3.05, 3.63) is 29.6 Å². The molecule has 3 fully saturated rings. The molecule has 2 N–H and O–H groups in total. The third kappa shape index (κ3) is 3.38. The second-order valence-electron chi connectivity index (χ2n) is 9.32. The average Bonchev–Trinajstić information content (AvgIpc) is 3.13. The van der Waals surface area contributed by atoms with Gasteiger partial charge in [0.1, 0.15) is 5.82 Å². The van der Waals surface area contributed by atoms with Crippen LogP contribution in [0.2, 0.25) is 0 Å². The Morgan fingerprint density at radius 2 is 1.90 bits per heavy atom. The topological polar surface area (TPSA) is 77.0 Å². The fourth-order valence-electron chi connectivity index (χ4n) is 5.62. The van der Waals surface area contributed by atoms with E-state index in [9.17, 15) is 18.0 Å². The molecule has 6 nitrogen and oxygen atoms in total. The molecule has 0 bridgehead atoms. The number of carbonyl (C=O) groups is 1. The highest BCUT2D eigenvalue weighted by Gasteiger charge is 2.59. The summed E-state index contributed by atoms with van der Waals surface area (Å²) in [6.07, 6.45) is 0.403. The van der Waals surface area contributed by atoms with Gasteiger partial charge in [-0.3, -0.25) is 9.48 Å². The van der Waals surface area contributed by atoms with Crippen LogP contribution in [0.3, 0.4) is 0 Å². The number of halogens is 3. The fourth-order valence-corrected chi connectivity index (χ4v) is 5.62. The molecule has 2 saturated carbocycles. The second-order valence-corrected chi connectivity index (χ2v) is 9.32. The SMILES string of the molecule is CC(C)n1nc(-c2cnc(N)c(C(F)(F)F)c2)cc1C1[C@H]2CC(N3CCCC3=O)C[C@@H]12. The van der Waals surface area contributed by atoms with Crippen LogP contribution < -0.4 is 5.73 Å². The minimum Gasteiger partial charge on any atom is -0.383 e. The first-order chi connectivity index (χ1) is 14.6. The summed E-state index contributed by atoms with van der Waals surface area (Å²) >= 11 is 0. The van der Waals surface area contributed by atoms with Crippen molar-refractivity contribution in [3.63, 3.8) is 0 Å². The van der Waals surface area contributed by atoms with Crippen LogP contribution in [0.25, 0.3) is 11.3 Å². The van der Waals surface area contributed by atoms with Gasteiger partial charge in [0.25, 0.3) is 0 Å². The van der Waals surface area contributed by atoms with Crippen molar-refractivity contribution >= 4 is 11.7 Å². The maximum atomic E-state index is 13.3. The molecule has 5 rings (SSSR count). The van der Waals surface area contributed by atoms with Gasteiger partial charge in [-0.15, -0.1) is 0 Å². The number of aromatic nitrogens is 3. The number of fused-ring (bicyclic) bond motifs is 1. The molecule has 0 aromatic carbocycles. The summed E-state index contributed by atoms with van der Waals surface area (Å²) in [6.45, 7) is 4.91. The predicted molar refractivity (Wildman–Crippen MR) is 109 cm³/mol. The van der Waals surface area contributed by atoms with Crippen LogP contribution in [-0.4, -0.2) is 38.2 Å². The zero-order chi connectivity index (χ0) is 22.1. The third-order valence-corrected chi connectivity index (χ3v) is 7.09. The lowest BCUT2D eigenvalue weighted by molar-refractivity contribution is -0.137. The van der Waals surface area contributed by atoms with Crippen LogP contribution in [-0.2, 0) is 11.0 Å². The Hall–Kier alpha value is -2.58. The Bertz CT molecular complexity index is 1020. The molecule has 4 atom stereocenters. The smallest absolute Gasteiger partial charge is 0.383 e. The maximum Gasteiger partial charge on any atom is 0.419 e. The number of rotatable bonds is 4. The highest BCUT2D eigenvalue weighted by molar-refractivity contribution is 5.78. The highest BCUT2D eigenvalue weighted by atomic mass is 19.4. The van der Waals surface area contributed by atoms with Gasteiger partial charge in [0.05, 0.1) is 11.3 Å². The van der Waals surface area contributed by atoms with E-state index < -0.39 is 17.6 Å². The van der Waals surface area contributed by atoms with E-state index in [-0.39, 0.29) is 11.9 Å². The molecule has 1 saturated heterocycles. The summed E-state index contributed by atoms with van der Waals surface area (Å²) in [6, 6.07) is 3.37. The van der Waals surface area contributed by atoms with Gasteiger partial charge in [-0.2, -0.15) is 18.3 Å². The molecular weight excluding hydrogens is 407 g/mol. The predicted octanol–water partition coefficient (Wildman–Crippen LogP) is 4.24. The number of carbonyl (C=O) groups excluding carboxylic acids is 1. The largest absolute Gasteiger partial charge is 0.419 e. The maximum absolute atomic E-state index is 13.3. The zero-order valence-corrected chi connectivity index (χ0v) is 17.6. The molecule has 9 heteroatoms. The summed E-state index contributed by atoms with van der Waals surface area (Å²) in [5.41, 5.74) is 6.37. The van der Waals surface area contributed by atoms with Gasteiger partial charge in [-0.25, -0.2) is 4.98 Å². The van der Waals surface area contributed by atoms with Gasteiger partial charge < -0.3 is 10.6 Å². The third-order valence-electron chi connectivity index (χ3n) is 7.09. The molecule has 1 aliphatic heterocycles. The fraction of sp³-hybridized carbons (Fsp3) is 0.591. The first-order valence-corrected chi connectivity index (χ1v) is 10.9. The quantitative estimate of drug-likeness (QED) is 0.782. The van der Waals surface area contributed by atoms with E-state index in [0.717, 1.165) is 37.6 Å². The van der Waals surface area contributed by atoms with Gasteiger partial charge in [0.2, 0.25) is 5.91 Å². The van der Waals surface area contributed by atoms with Gasteiger partial charge in [-0.1, -0.05) is 0 Å². The second kappa shape index (κ2) is 6.97. The number of nitrogens with two attached hydrogens (primary N) is 1. The van der Waals surface area contributed by atoms with E-state index in [2.05, 4.69) is 10.1 Å². The van der Waals surface area contributed by atoms with E-state index in [1.807, 2.05) is 29.5 Å². The van der Waals surface area contributed by atoms with Crippen molar-refractivity contribution in [3.8, 4) is 11.3 Å². The van der Waals surface area contributed by atoms with E-state index in [0.29, 0.717) is 41.5 Å². The van der Waals surface area contributed by atoms with E-state index in [1.165, 1.54) is 6.20 Å². The monoisotopic (exact) mass is 433 g/mol. The minimum absolute atomic E-state index is 0.0878. The van der Waals surface area contributed by atoms with E-state index in [4.69, 9.17) is 5.73 Å². The molecule has 0 radical (unpaired) electrons. The Morgan fingerprint density at radius 1 is 1.19 bits per heavy atom. The van der Waals surface area contributed by atoms with Crippen LogP contribution in [0.1, 0.15) is 62.7 Å². The molecule has 1 amide bonds. The number of nitrogen functional groups attached to an aromatic ring is 1. The van der Waals surface area contributed by atoms with Crippen LogP contribution in [0.4, 0.5) is 19.0 Å². The molecule has 2 aliphatic carbocycles. The number of alkyl halides is 3. The van der Waals surface area contributed by atoms with Crippen LogP contribution in [0, 0.1) is 11.8 Å². The number of hydrogen-bond acceptors (Lipinski definition) is 4. The molecule has 2 aromatic heterocycles. The lowest BCUT2D eigenvalue weighted by atomic mass is 10.0. The van der Waals surface area contributed by atoms with Gasteiger partial charge in [0.15, 0.2) is 0 Å². The number of amides is 1. The number of anilines is 1. The Labute approximate surface area is 178 Å². The molecule has 2 aromatic rings. The van der Waals surface area contributed by atoms with Crippen molar-refractivity contribution in [1.82, 2.24) is 19.7 Å². The van der Waals surface area contributed by atoms with Crippen molar-refractivity contribution < 1.29 is 18.0 Å². The first kappa shape index (κ1) is 20.3.